The van der Waals surface area contributed by atoms with Gasteiger partial charge in [0, 0.05) is 6.42 Å². The van der Waals surface area contributed by atoms with Gasteiger partial charge >= 0.3 is 11.9 Å². The van der Waals surface area contributed by atoms with E-state index in [-0.39, 0.29) is 5.97 Å². The van der Waals surface area contributed by atoms with Gasteiger partial charge in [-0.25, -0.2) is 4.79 Å². The second-order valence-electron chi connectivity index (χ2n) is 4.51. The number of aliphatic hydroxyl groups is 1. The maximum absolute atomic E-state index is 11.6. The van der Waals surface area contributed by atoms with E-state index in [1.54, 1.807) is 0 Å². The van der Waals surface area contributed by atoms with E-state index >= 15 is 0 Å². The molecule has 0 saturated heterocycles. The highest BCUT2D eigenvalue weighted by Crippen LogP contribution is 2.29. The minimum Gasteiger partial charge on any atom is -0.431 e. The topological polar surface area (TPSA) is 72.8 Å². The first-order valence-electron chi connectivity index (χ1n) is 6.36. The Morgan fingerprint density at radius 3 is 2.39 bits per heavy atom. The summed E-state index contributed by atoms with van der Waals surface area (Å²) in [5.41, 5.74) is -1.38. The number of ether oxygens (including phenoxy) is 2. The highest BCUT2D eigenvalue weighted by molar-refractivity contribution is 5.79. The molecule has 0 unspecified atom stereocenters. The fraction of sp³-hybridized carbons (Fsp3) is 0.692. The first-order chi connectivity index (χ1) is 8.58. The summed E-state index contributed by atoms with van der Waals surface area (Å²) >= 11 is 0. The summed E-state index contributed by atoms with van der Waals surface area (Å²) in [6.07, 6.45) is 6.57. The van der Waals surface area contributed by atoms with Gasteiger partial charge in [-0.1, -0.05) is 13.3 Å². The zero-order valence-corrected chi connectivity index (χ0v) is 10.7. The Hall–Kier alpha value is -1.36. The summed E-state index contributed by atoms with van der Waals surface area (Å²) in [5.74, 6) is -1.05. The van der Waals surface area contributed by atoms with E-state index in [0.717, 1.165) is 31.8 Å². The van der Waals surface area contributed by atoms with Gasteiger partial charge in [0.05, 0.1) is 0 Å². The van der Waals surface area contributed by atoms with Crippen molar-refractivity contribution in [2.45, 2.75) is 57.5 Å². The zero-order valence-electron chi connectivity index (χ0n) is 10.7. The summed E-state index contributed by atoms with van der Waals surface area (Å²) in [6, 6.07) is 0. The lowest BCUT2D eigenvalue weighted by molar-refractivity contribution is -0.163. The van der Waals surface area contributed by atoms with Crippen LogP contribution < -0.4 is 0 Å². The molecular formula is C13H20O5. The molecule has 1 rings (SSSR count). The molecule has 0 aliphatic heterocycles. The monoisotopic (exact) mass is 256 g/mol. The van der Waals surface area contributed by atoms with Crippen LogP contribution in [0.1, 0.15) is 51.9 Å². The van der Waals surface area contributed by atoms with Crippen molar-refractivity contribution < 1.29 is 24.2 Å². The van der Waals surface area contributed by atoms with E-state index in [4.69, 9.17) is 4.74 Å². The Labute approximate surface area is 107 Å². The van der Waals surface area contributed by atoms with Crippen LogP contribution in [0.2, 0.25) is 0 Å². The first-order valence-corrected chi connectivity index (χ1v) is 6.36. The molecule has 0 aromatic heterocycles. The van der Waals surface area contributed by atoms with Gasteiger partial charge in [0.15, 0.2) is 5.60 Å². The molecule has 0 heterocycles. The van der Waals surface area contributed by atoms with Crippen molar-refractivity contribution in [1.82, 2.24) is 0 Å². The van der Waals surface area contributed by atoms with Gasteiger partial charge in [0.25, 0.3) is 0 Å². The third-order valence-electron chi connectivity index (χ3n) is 2.94. The van der Waals surface area contributed by atoms with Crippen molar-refractivity contribution in [2.24, 2.45) is 0 Å². The van der Waals surface area contributed by atoms with Crippen LogP contribution in [-0.2, 0) is 19.1 Å². The van der Waals surface area contributed by atoms with Gasteiger partial charge in [-0.2, -0.15) is 0 Å². The first kappa shape index (κ1) is 14.7. The van der Waals surface area contributed by atoms with E-state index in [1.807, 2.05) is 6.92 Å². The van der Waals surface area contributed by atoms with E-state index < -0.39 is 11.6 Å². The van der Waals surface area contributed by atoms with Crippen molar-refractivity contribution in [1.29, 1.82) is 0 Å². The SMILES string of the molecule is CCCC(=O)O/C=C/OC(=O)C1(O)CCCCC1. The van der Waals surface area contributed by atoms with Gasteiger partial charge < -0.3 is 14.6 Å². The summed E-state index contributed by atoms with van der Waals surface area (Å²) < 4.78 is 9.44. The zero-order chi connectivity index (χ0) is 13.4. The maximum atomic E-state index is 11.6. The van der Waals surface area contributed by atoms with Crippen LogP contribution in [0, 0.1) is 0 Å². The molecule has 1 aliphatic carbocycles. The number of carbonyl (C=O) groups excluding carboxylic acids is 2. The minimum absolute atomic E-state index is 0.322. The molecule has 0 radical (unpaired) electrons. The molecule has 0 aromatic carbocycles. The van der Waals surface area contributed by atoms with Crippen LogP contribution in [0.25, 0.3) is 0 Å². The molecule has 0 bridgehead atoms. The number of carbonyl (C=O) groups is 2. The maximum Gasteiger partial charge on any atom is 0.343 e. The molecule has 1 N–H and O–H groups in total. The summed E-state index contributed by atoms with van der Waals surface area (Å²) in [5, 5.41) is 10.0. The Morgan fingerprint density at radius 2 is 1.78 bits per heavy atom. The van der Waals surface area contributed by atoms with Gasteiger partial charge in [0.2, 0.25) is 0 Å². The lowest BCUT2D eigenvalue weighted by Crippen LogP contribution is -2.41. The van der Waals surface area contributed by atoms with E-state index in [1.165, 1.54) is 0 Å². The second kappa shape index (κ2) is 7.16. The molecule has 1 saturated carbocycles. The highest BCUT2D eigenvalue weighted by atomic mass is 16.6. The number of rotatable bonds is 5. The molecule has 5 heteroatoms. The number of hydrogen-bond acceptors (Lipinski definition) is 5. The van der Waals surface area contributed by atoms with Crippen LogP contribution in [0.4, 0.5) is 0 Å². The minimum atomic E-state index is -1.38. The largest absolute Gasteiger partial charge is 0.431 e. The molecular weight excluding hydrogens is 236 g/mol. The fourth-order valence-corrected chi connectivity index (χ4v) is 1.91. The Balaban J connectivity index is 2.31. The predicted octanol–water partition coefficient (Wildman–Crippen LogP) is 2.04. The third-order valence-corrected chi connectivity index (χ3v) is 2.94. The van der Waals surface area contributed by atoms with Gasteiger partial charge in [-0.3, -0.25) is 4.79 Å². The molecule has 0 atom stereocenters. The average molecular weight is 256 g/mol. The molecule has 0 aromatic rings. The fourth-order valence-electron chi connectivity index (χ4n) is 1.91. The molecule has 5 nitrogen and oxygen atoms in total. The van der Waals surface area contributed by atoms with Crippen LogP contribution >= 0.6 is 0 Å². The molecule has 1 fully saturated rings. The van der Waals surface area contributed by atoms with Crippen LogP contribution in [-0.4, -0.2) is 22.6 Å². The van der Waals surface area contributed by atoms with Crippen LogP contribution in [0.5, 0.6) is 0 Å². The number of esters is 2. The predicted molar refractivity (Wildman–Crippen MR) is 64.3 cm³/mol. The van der Waals surface area contributed by atoms with Crippen molar-refractivity contribution in [3.8, 4) is 0 Å². The summed E-state index contributed by atoms with van der Waals surface area (Å²) in [4.78, 5) is 22.6. The van der Waals surface area contributed by atoms with Gasteiger partial charge in [0.1, 0.15) is 12.5 Å². The van der Waals surface area contributed by atoms with Crippen molar-refractivity contribution in [3.63, 3.8) is 0 Å². The molecule has 0 spiro atoms. The van der Waals surface area contributed by atoms with E-state index in [2.05, 4.69) is 4.74 Å². The lowest BCUT2D eigenvalue weighted by atomic mass is 9.85. The molecule has 1 aliphatic rings. The Bertz CT molecular complexity index is 315. The van der Waals surface area contributed by atoms with Crippen LogP contribution in [0.15, 0.2) is 12.5 Å². The highest BCUT2D eigenvalue weighted by Gasteiger charge is 2.38. The Morgan fingerprint density at radius 1 is 1.17 bits per heavy atom. The van der Waals surface area contributed by atoms with Crippen molar-refractivity contribution in [2.75, 3.05) is 0 Å². The number of hydrogen-bond donors (Lipinski definition) is 1. The second-order valence-corrected chi connectivity index (χ2v) is 4.51. The van der Waals surface area contributed by atoms with Crippen LogP contribution in [0.3, 0.4) is 0 Å². The van der Waals surface area contributed by atoms with Crippen molar-refractivity contribution >= 4 is 11.9 Å². The molecule has 18 heavy (non-hydrogen) atoms. The van der Waals surface area contributed by atoms with Gasteiger partial charge in [-0.05, 0) is 32.1 Å². The standard InChI is InChI=1S/C13H20O5/c1-2-6-11(14)17-9-10-18-12(15)13(16)7-4-3-5-8-13/h9-10,16H,2-8H2,1H3/b10-9+. The molecule has 0 amide bonds. The molecule has 102 valence electrons. The summed E-state index contributed by atoms with van der Waals surface area (Å²) in [7, 11) is 0. The van der Waals surface area contributed by atoms with Gasteiger partial charge in [-0.15, -0.1) is 0 Å². The normalized spacial score (nSPS) is 18.6. The third kappa shape index (κ3) is 4.49. The average Bonchev–Trinajstić information content (AvgIpc) is 2.35. The van der Waals surface area contributed by atoms with Crippen molar-refractivity contribution in [3.05, 3.63) is 12.5 Å². The Kier molecular flexibility index (Phi) is 5.85. The smallest absolute Gasteiger partial charge is 0.343 e. The summed E-state index contributed by atoms with van der Waals surface area (Å²) in [6.45, 7) is 1.86. The van der Waals surface area contributed by atoms with E-state index in [0.29, 0.717) is 25.7 Å². The lowest BCUT2D eigenvalue weighted by Gasteiger charge is -2.28. The van der Waals surface area contributed by atoms with E-state index in [9.17, 15) is 14.7 Å². The quantitative estimate of drug-likeness (QED) is 0.602.